The molecular formula is C26H35F4N3O. The average molecular weight is 482 g/mol. The van der Waals surface area contributed by atoms with E-state index in [1.165, 1.54) is 42.9 Å². The van der Waals surface area contributed by atoms with Crippen LogP contribution in [0.15, 0.2) is 23.8 Å². The minimum Gasteiger partial charge on any atom is -0.381 e. The lowest BCUT2D eigenvalue weighted by atomic mass is 9.95. The van der Waals surface area contributed by atoms with E-state index < -0.39 is 24.3 Å². The molecule has 4 nitrogen and oxygen atoms in total. The van der Waals surface area contributed by atoms with Crippen LogP contribution in [0, 0.1) is 29.6 Å². The highest BCUT2D eigenvalue weighted by atomic mass is 19.3. The lowest BCUT2D eigenvalue weighted by molar-refractivity contribution is -0.0926. The maximum absolute atomic E-state index is 15.3. The molecule has 0 amide bonds. The van der Waals surface area contributed by atoms with Crippen molar-refractivity contribution in [1.82, 2.24) is 10.2 Å². The van der Waals surface area contributed by atoms with E-state index in [0.29, 0.717) is 18.1 Å². The van der Waals surface area contributed by atoms with Gasteiger partial charge in [0.25, 0.3) is 11.8 Å². The molecule has 34 heavy (non-hydrogen) atoms. The van der Waals surface area contributed by atoms with Gasteiger partial charge in [0.15, 0.2) is 0 Å². The molecule has 1 fully saturated rings. The molecule has 2 N–H and O–H groups in total. The summed E-state index contributed by atoms with van der Waals surface area (Å²) in [5.41, 5.74) is 0.745. The smallest absolute Gasteiger partial charge is 0.270 e. The molecule has 1 aromatic carbocycles. The van der Waals surface area contributed by atoms with E-state index in [1.54, 1.807) is 14.0 Å². The molecule has 0 spiro atoms. The first-order valence-electron chi connectivity index (χ1n) is 11.5. The third kappa shape index (κ3) is 7.57. The number of rotatable bonds is 14. The molecule has 0 aliphatic heterocycles. The Balaban J connectivity index is 2.37. The molecule has 0 heterocycles. The normalized spacial score (nSPS) is 16.0. The van der Waals surface area contributed by atoms with Crippen molar-refractivity contribution in [3.63, 3.8) is 0 Å². The van der Waals surface area contributed by atoms with Gasteiger partial charge in [0.05, 0.1) is 25.5 Å². The minimum atomic E-state index is -3.15. The zero-order chi connectivity index (χ0) is 25.5. The number of nitrogens with zero attached hydrogens (tertiary/aromatic N) is 1. The van der Waals surface area contributed by atoms with E-state index in [2.05, 4.69) is 11.2 Å². The van der Waals surface area contributed by atoms with Crippen LogP contribution in [0.1, 0.15) is 56.7 Å². The second-order valence-corrected chi connectivity index (χ2v) is 9.15. The molecule has 188 valence electrons. The van der Waals surface area contributed by atoms with Crippen molar-refractivity contribution in [1.29, 1.82) is 5.41 Å². The van der Waals surface area contributed by atoms with Gasteiger partial charge in [-0.05, 0) is 44.0 Å². The van der Waals surface area contributed by atoms with Gasteiger partial charge in [0, 0.05) is 42.4 Å². The van der Waals surface area contributed by atoms with Crippen LogP contribution in [0.5, 0.6) is 0 Å². The van der Waals surface area contributed by atoms with E-state index in [1.807, 2.05) is 0 Å². The quantitative estimate of drug-likeness (QED) is 0.117. The Morgan fingerprint density at radius 1 is 1.35 bits per heavy atom. The number of nitrogens with one attached hydrogen (secondary N) is 2. The third-order valence-corrected chi connectivity index (χ3v) is 6.05. The van der Waals surface area contributed by atoms with Crippen LogP contribution in [0.4, 0.5) is 17.6 Å². The summed E-state index contributed by atoms with van der Waals surface area (Å²) in [5, 5.41) is 10.6. The third-order valence-electron chi connectivity index (χ3n) is 6.05. The molecule has 1 aliphatic rings. The maximum atomic E-state index is 15.3. The highest BCUT2D eigenvalue weighted by Gasteiger charge is 2.39. The molecule has 1 atom stereocenters. The van der Waals surface area contributed by atoms with Gasteiger partial charge < -0.3 is 20.4 Å². The summed E-state index contributed by atoms with van der Waals surface area (Å²) in [7, 11) is 1.60. The number of terminal acetylenes is 1. The number of hydrogen-bond donors (Lipinski definition) is 2. The molecule has 1 aromatic rings. The van der Waals surface area contributed by atoms with Crippen molar-refractivity contribution >= 4 is 11.9 Å². The van der Waals surface area contributed by atoms with E-state index in [-0.39, 0.29) is 35.7 Å². The molecule has 2 rings (SSSR count). The SMILES string of the molecule is C#Cc1ccc(C(C)(F)F)cc1/C(=C(\C)C=N)N(CNC)CC(F)(F)C(C)COCCC1CC1. The van der Waals surface area contributed by atoms with Gasteiger partial charge in [-0.1, -0.05) is 31.8 Å². The largest absolute Gasteiger partial charge is 0.381 e. The van der Waals surface area contributed by atoms with Gasteiger partial charge in [-0.2, -0.15) is 0 Å². The summed E-state index contributed by atoms with van der Waals surface area (Å²) in [5.74, 6) is -4.23. The minimum absolute atomic E-state index is 0.00210. The van der Waals surface area contributed by atoms with E-state index in [0.717, 1.165) is 19.6 Å². The van der Waals surface area contributed by atoms with E-state index in [4.69, 9.17) is 16.6 Å². The van der Waals surface area contributed by atoms with Gasteiger partial charge in [-0.15, -0.1) is 6.42 Å². The number of alkyl halides is 4. The number of allylic oxidation sites excluding steroid dienone is 1. The van der Waals surface area contributed by atoms with Crippen LogP contribution in [-0.4, -0.2) is 50.5 Å². The van der Waals surface area contributed by atoms with Crippen molar-refractivity contribution in [2.75, 3.05) is 33.5 Å². The van der Waals surface area contributed by atoms with E-state index >= 15 is 8.78 Å². The van der Waals surface area contributed by atoms with Gasteiger partial charge in [-0.3, -0.25) is 0 Å². The van der Waals surface area contributed by atoms with Gasteiger partial charge in [-0.25, -0.2) is 17.6 Å². The number of halogens is 4. The Kier molecular flexibility index (Phi) is 9.72. The van der Waals surface area contributed by atoms with Crippen molar-refractivity contribution in [2.24, 2.45) is 11.8 Å². The van der Waals surface area contributed by atoms with Crippen LogP contribution >= 0.6 is 0 Å². The Bertz CT molecular complexity index is 914. The second-order valence-electron chi connectivity index (χ2n) is 9.15. The van der Waals surface area contributed by atoms with Crippen molar-refractivity contribution < 1.29 is 22.3 Å². The summed E-state index contributed by atoms with van der Waals surface area (Å²) in [6.07, 6.45) is 9.88. The first-order chi connectivity index (χ1) is 15.9. The number of ether oxygens (including phenoxy) is 1. The maximum Gasteiger partial charge on any atom is 0.270 e. The fourth-order valence-electron chi connectivity index (χ4n) is 3.69. The Morgan fingerprint density at radius 2 is 2.03 bits per heavy atom. The molecule has 0 bridgehead atoms. The zero-order valence-corrected chi connectivity index (χ0v) is 20.4. The number of benzene rings is 1. The van der Waals surface area contributed by atoms with Crippen molar-refractivity contribution in [3.05, 3.63) is 40.5 Å². The average Bonchev–Trinajstić information content (AvgIpc) is 3.60. The fourth-order valence-corrected chi connectivity index (χ4v) is 3.69. The summed E-state index contributed by atoms with van der Waals surface area (Å²) < 4.78 is 64.2. The Morgan fingerprint density at radius 3 is 2.56 bits per heavy atom. The molecule has 8 heteroatoms. The van der Waals surface area contributed by atoms with Crippen LogP contribution < -0.4 is 5.32 Å². The zero-order valence-electron chi connectivity index (χ0n) is 20.4. The Labute approximate surface area is 200 Å². The molecule has 0 aromatic heterocycles. The second kappa shape index (κ2) is 11.9. The lowest BCUT2D eigenvalue weighted by Crippen LogP contribution is -2.45. The lowest BCUT2D eigenvalue weighted by Gasteiger charge is -2.35. The summed E-state index contributed by atoms with van der Waals surface area (Å²) in [6, 6.07) is 3.84. The molecule has 1 unspecified atom stereocenters. The van der Waals surface area contributed by atoms with Crippen molar-refractivity contribution in [2.45, 2.75) is 51.9 Å². The van der Waals surface area contributed by atoms with Gasteiger partial charge >= 0.3 is 0 Å². The molecule has 1 aliphatic carbocycles. The summed E-state index contributed by atoms with van der Waals surface area (Å²) in [4.78, 5) is 1.36. The fraction of sp³-hybridized carbons (Fsp3) is 0.577. The predicted octanol–water partition coefficient (Wildman–Crippen LogP) is 5.73. The van der Waals surface area contributed by atoms with Gasteiger partial charge in [0.2, 0.25) is 0 Å². The van der Waals surface area contributed by atoms with Crippen LogP contribution in [-0.2, 0) is 10.7 Å². The summed E-state index contributed by atoms with van der Waals surface area (Å²) >= 11 is 0. The van der Waals surface area contributed by atoms with Gasteiger partial charge in [0.1, 0.15) is 0 Å². The standard InChI is InChI=1S/C26H35F4N3O/c1-6-21-9-10-22(25(4,27)28)13-23(21)24(18(2)14-31)33(17-32-5)16-26(29,30)19(3)15-34-12-11-20-7-8-20/h1,9-10,13-14,19-20,31-32H,7-8,11-12,15-17H2,2-5H3/b24-18-,31-14?. The first kappa shape index (κ1) is 27.9. The van der Waals surface area contributed by atoms with Crippen LogP contribution in [0.2, 0.25) is 0 Å². The molecule has 1 saturated carbocycles. The molecule has 0 saturated heterocycles. The topological polar surface area (TPSA) is 48.4 Å². The van der Waals surface area contributed by atoms with Crippen molar-refractivity contribution in [3.8, 4) is 12.3 Å². The van der Waals surface area contributed by atoms with Crippen LogP contribution in [0.25, 0.3) is 5.70 Å². The van der Waals surface area contributed by atoms with E-state index in [9.17, 15) is 8.78 Å². The number of hydrogen-bond acceptors (Lipinski definition) is 4. The van der Waals surface area contributed by atoms with Crippen LogP contribution in [0.3, 0.4) is 0 Å². The predicted molar refractivity (Wildman–Crippen MR) is 128 cm³/mol. The highest BCUT2D eigenvalue weighted by molar-refractivity contribution is 5.89. The monoisotopic (exact) mass is 481 g/mol. The highest BCUT2D eigenvalue weighted by Crippen LogP contribution is 2.36. The molecular weight excluding hydrogens is 446 g/mol. The Hall–Kier alpha value is -2.37. The summed E-state index contributed by atoms with van der Waals surface area (Å²) in [6.45, 7) is 3.46. The first-order valence-corrected chi connectivity index (χ1v) is 11.5. The molecule has 0 radical (unpaired) electrons.